The molecule has 1 aliphatic rings. The molecular weight excluding hydrogens is 306 g/mol. The third-order valence-electron chi connectivity index (χ3n) is 4.06. The molecule has 0 aromatic carbocycles. The molecule has 5 nitrogen and oxygen atoms in total. The zero-order chi connectivity index (χ0) is 15.5. The number of aromatic nitrogens is 1. The highest BCUT2D eigenvalue weighted by atomic mass is 32.2. The van der Waals surface area contributed by atoms with Crippen molar-refractivity contribution < 1.29 is 8.42 Å². The van der Waals surface area contributed by atoms with Crippen LogP contribution in [-0.2, 0) is 9.84 Å². The van der Waals surface area contributed by atoms with Crippen molar-refractivity contribution in [3.05, 3.63) is 0 Å². The lowest BCUT2D eigenvalue weighted by Gasteiger charge is -2.34. The van der Waals surface area contributed by atoms with Crippen LogP contribution in [0.25, 0.3) is 0 Å². The number of anilines is 2. The van der Waals surface area contributed by atoms with Crippen molar-refractivity contribution in [2.24, 2.45) is 0 Å². The Morgan fingerprint density at radius 2 is 1.95 bits per heavy atom. The lowest BCUT2D eigenvalue weighted by Crippen LogP contribution is -2.37. The van der Waals surface area contributed by atoms with Gasteiger partial charge in [-0.05, 0) is 37.7 Å². The van der Waals surface area contributed by atoms with Crippen LogP contribution < -0.4 is 10.6 Å². The Hall–Kier alpha value is -0.820. The van der Waals surface area contributed by atoms with Crippen LogP contribution in [0.3, 0.4) is 0 Å². The Morgan fingerprint density at radius 3 is 2.52 bits per heavy atom. The zero-order valence-electron chi connectivity index (χ0n) is 12.8. The van der Waals surface area contributed by atoms with E-state index in [2.05, 4.69) is 16.2 Å². The predicted molar refractivity (Wildman–Crippen MR) is 88.8 cm³/mol. The Morgan fingerprint density at radius 1 is 1.29 bits per heavy atom. The molecule has 0 aliphatic heterocycles. The standard InChI is InChI=1S/C14H25N3O2S2/c1-3-10-21(18,19)12-13(15)16-20-14(12)17(4-2)11-8-6-5-7-9-11/h11H,3-10H2,1-2H3,(H2,15,16). The van der Waals surface area contributed by atoms with Crippen LogP contribution in [0, 0.1) is 0 Å². The third-order valence-corrected chi connectivity index (χ3v) is 7.06. The second kappa shape index (κ2) is 6.96. The molecule has 0 atom stereocenters. The summed E-state index contributed by atoms with van der Waals surface area (Å²) in [6.07, 6.45) is 6.54. The molecule has 2 N–H and O–H groups in total. The number of nitrogens with zero attached hydrogens (tertiary/aromatic N) is 2. The maximum Gasteiger partial charge on any atom is 0.185 e. The van der Waals surface area contributed by atoms with Crippen molar-refractivity contribution >= 4 is 32.2 Å². The van der Waals surface area contributed by atoms with E-state index in [1.54, 1.807) is 0 Å². The first kappa shape index (κ1) is 16.5. The summed E-state index contributed by atoms with van der Waals surface area (Å²) in [6, 6.07) is 0.416. The molecule has 120 valence electrons. The van der Waals surface area contributed by atoms with Gasteiger partial charge in [-0.1, -0.05) is 26.2 Å². The van der Waals surface area contributed by atoms with E-state index in [1.807, 2.05) is 6.92 Å². The van der Waals surface area contributed by atoms with Crippen LogP contribution in [-0.4, -0.2) is 31.1 Å². The Balaban J connectivity index is 2.38. The van der Waals surface area contributed by atoms with Gasteiger partial charge in [0.25, 0.3) is 0 Å². The number of hydrogen-bond acceptors (Lipinski definition) is 6. The van der Waals surface area contributed by atoms with E-state index in [0.29, 0.717) is 12.5 Å². The number of hydrogen-bond donors (Lipinski definition) is 1. The lowest BCUT2D eigenvalue weighted by atomic mass is 9.94. The summed E-state index contributed by atoms with van der Waals surface area (Å²) in [5.41, 5.74) is 5.87. The average Bonchev–Trinajstić information content (AvgIpc) is 2.83. The zero-order valence-corrected chi connectivity index (χ0v) is 14.5. The van der Waals surface area contributed by atoms with Gasteiger partial charge in [0.15, 0.2) is 15.7 Å². The van der Waals surface area contributed by atoms with Crippen LogP contribution in [0.1, 0.15) is 52.4 Å². The molecule has 1 aliphatic carbocycles. The van der Waals surface area contributed by atoms with Gasteiger partial charge in [-0.2, -0.15) is 4.37 Å². The van der Waals surface area contributed by atoms with Gasteiger partial charge < -0.3 is 10.6 Å². The summed E-state index contributed by atoms with van der Waals surface area (Å²) in [5.74, 6) is 0.294. The van der Waals surface area contributed by atoms with E-state index in [1.165, 1.54) is 30.8 Å². The van der Waals surface area contributed by atoms with Gasteiger partial charge in [0.1, 0.15) is 9.90 Å². The molecule has 0 amide bonds. The highest BCUT2D eigenvalue weighted by Crippen LogP contribution is 2.38. The topological polar surface area (TPSA) is 76.3 Å². The monoisotopic (exact) mass is 331 g/mol. The van der Waals surface area contributed by atoms with Crippen LogP contribution >= 0.6 is 11.5 Å². The third kappa shape index (κ3) is 3.51. The van der Waals surface area contributed by atoms with E-state index in [4.69, 9.17) is 5.73 Å². The molecule has 0 saturated heterocycles. The number of nitrogens with two attached hydrogens (primary N) is 1. The Labute approximate surface area is 131 Å². The normalized spacial score (nSPS) is 17.0. The summed E-state index contributed by atoms with van der Waals surface area (Å²) >= 11 is 1.23. The van der Waals surface area contributed by atoms with Crippen molar-refractivity contribution in [2.75, 3.05) is 22.9 Å². The summed E-state index contributed by atoms with van der Waals surface area (Å²) in [7, 11) is -3.34. The fourth-order valence-corrected chi connectivity index (χ4v) is 5.98. The molecule has 7 heteroatoms. The van der Waals surface area contributed by atoms with Gasteiger partial charge in [0.2, 0.25) is 0 Å². The molecule has 1 aromatic rings. The molecule has 1 fully saturated rings. The quantitative estimate of drug-likeness (QED) is 0.867. The molecule has 0 unspecified atom stereocenters. The van der Waals surface area contributed by atoms with Crippen molar-refractivity contribution in [2.45, 2.75) is 63.3 Å². The second-order valence-corrected chi connectivity index (χ2v) is 8.40. The summed E-state index contributed by atoms with van der Waals surface area (Å²) in [5, 5.41) is 0.746. The maximum absolute atomic E-state index is 12.5. The lowest BCUT2D eigenvalue weighted by molar-refractivity contribution is 0.418. The SMILES string of the molecule is CCCS(=O)(=O)c1c(N)nsc1N(CC)C1CCCCC1. The molecule has 0 spiro atoms. The van der Waals surface area contributed by atoms with Crippen LogP contribution in [0.5, 0.6) is 0 Å². The molecule has 0 radical (unpaired) electrons. The van der Waals surface area contributed by atoms with Crippen molar-refractivity contribution in [1.82, 2.24) is 4.37 Å². The fraction of sp³-hybridized carbons (Fsp3) is 0.786. The first-order chi connectivity index (χ1) is 10.0. The van der Waals surface area contributed by atoms with Crippen molar-refractivity contribution in [3.8, 4) is 0 Å². The van der Waals surface area contributed by atoms with Gasteiger partial charge in [-0.25, -0.2) is 8.42 Å². The van der Waals surface area contributed by atoms with E-state index < -0.39 is 9.84 Å². The molecule has 21 heavy (non-hydrogen) atoms. The van der Waals surface area contributed by atoms with Gasteiger partial charge >= 0.3 is 0 Å². The first-order valence-electron chi connectivity index (χ1n) is 7.75. The van der Waals surface area contributed by atoms with E-state index in [0.717, 1.165) is 24.4 Å². The smallest absolute Gasteiger partial charge is 0.185 e. The molecule has 1 saturated carbocycles. The van der Waals surface area contributed by atoms with Crippen LogP contribution in [0.15, 0.2) is 4.90 Å². The minimum Gasteiger partial charge on any atom is -0.382 e. The maximum atomic E-state index is 12.5. The number of rotatable bonds is 6. The molecule has 2 rings (SSSR count). The van der Waals surface area contributed by atoms with Crippen molar-refractivity contribution in [3.63, 3.8) is 0 Å². The number of nitrogen functional groups attached to an aromatic ring is 1. The average molecular weight is 332 g/mol. The molecule has 1 aromatic heterocycles. The first-order valence-corrected chi connectivity index (χ1v) is 10.2. The van der Waals surface area contributed by atoms with Crippen molar-refractivity contribution in [1.29, 1.82) is 0 Å². The summed E-state index contributed by atoms with van der Waals surface area (Å²) in [4.78, 5) is 2.47. The van der Waals surface area contributed by atoms with Gasteiger partial charge in [0, 0.05) is 12.6 Å². The van der Waals surface area contributed by atoms with Gasteiger partial charge in [-0.15, -0.1) is 0 Å². The largest absolute Gasteiger partial charge is 0.382 e. The van der Waals surface area contributed by atoms with Gasteiger partial charge in [0.05, 0.1) is 5.75 Å². The minimum absolute atomic E-state index is 0.130. The Kier molecular flexibility index (Phi) is 5.48. The summed E-state index contributed by atoms with van der Waals surface area (Å²) in [6.45, 7) is 4.73. The van der Waals surface area contributed by atoms with E-state index >= 15 is 0 Å². The van der Waals surface area contributed by atoms with E-state index in [9.17, 15) is 8.42 Å². The predicted octanol–water partition coefficient (Wildman–Crippen LogP) is 3.07. The number of sulfone groups is 1. The minimum atomic E-state index is -3.34. The van der Waals surface area contributed by atoms with Gasteiger partial charge in [-0.3, -0.25) is 0 Å². The Bertz CT molecular complexity index is 563. The molecular formula is C14H25N3O2S2. The van der Waals surface area contributed by atoms with Crippen LogP contribution in [0.4, 0.5) is 10.8 Å². The molecule has 0 bridgehead atoms. The van der Waals surface area contributed by atoms with E-state index in [-0.39, 0.29) is 16.5 Å². The highest BCUT2D eigenvalue weighted by molar-refractivity contribution is 7.91. The summed E-state index contributed by atoms with van der Waals surface area (Å²) < 4.78 is 29.1. The van der Waals surface area contributed by atoms with Crippen LogP contribution in [0.2, 0.25) is 0 Å². The molecule has 1 heterocycles. The second-order valence-electron chi connectivity index (χ2n) is 5.60. The highest BCUT2D eigenvalue weighted by Gasteiger charge is 2.30. The fourth-order valence-electron chi connectivity index (χ4n) is 3.09.